The molecule has 2 aromatic heterocycles. The summed E-state index contributed by atoms with van der Waals surface area (Å²) in [6.45, 7) is 8.80. The number of nitrogens with zero attached hydrogens (tertiary/aromatic N) is 4. The molecule has 6 aliphatic heterocycles. The molecule has 0 N–H and O–H groups in total. The molecule has 0 spiro atoms. The molecule has 0 fully saturated rings. The summed E-state index contributed by atoms with van der Waals surface area (Å²) in [5.41, 5.74) is 26.2. The first-order chi connectivity index (χ1) is 45.1. The molecule has 0 unspecified atom stereocenters. The molecule has 14 aromatic rings. The van der Waals surface area contributed by atoms with E-state index in [1.807, 2.05) is 0 Å². The molecule has 0 aliphatic carbocycles. The molecule has 8 heterocycles. The van der Waals surface area contributed by atoms with E-state index in [0.29, 0.717) is 5.75 Å². The highest BCUT2D eigenvalue weighted by atomic mass is 16.5. The Kier molecular flexibility index (Phi) is 10.4. The highest BCUT2D eigenvalue weighted by Crippen LogP contribution is 2.57. The predicted octanol–water partition coefficient (Wildman–Crippen LogP) is 17.9. The second-order valence-corrected chi connectivity index (χ2v) is 26.3. The maximum absolute atomic E-state index is 7.48. The van der Waals surface area contributed by atoms with Crippen molar-refractivity contribution in [2.75, 3.05) is 19.6 Å². The smallest absolute Gasteiger partial charge is 0.301 e. The van der Waals surface area contributed by atoms with Gasteiger partial charge in [-0.1, -0.05) is 198 Å². The van der Waals surface area contributed by atoms with Crippen molar-refractivity contribution in [1.82, 2.24) is 0 Å². The predicted molar refractivity (Wildman–Crippen MR) is 377 cm³/mol. The second-order valence-electron chi connectivity index (χ2n) is 26.3. The molecule has 10 heteroatoms. The zero-order valence-electron chi connectivity index (χ0n) is 51.0. The van der Waals surface area contributed by atoms with Crippen LogP contribution in [0, 0.1) is 0 Å². The fraction of sp³-hybridized carbons (Fsp3) is 0.0732. The topological polar surface area (TPSA) is 57.7 Å². The van der Waals surface area contributed by atoms with Crippen LogP contribution in [0.2, 0.25) is 0 Å². The van der Waals surface area contributed by atoms with E-state index in [1.165, 1.54) is 27.7 Å². The second kappa shape index (κ2) is 18.6. The maximum atomic E-state index is 7.48. The average Bonchev–Trinajstić information content (AvgIpc) is 1.15. The number of para-hydroxylation sites is 7. The molecule has 0 radical (unpaired) electrons. The number of fused-ring (bicyclic) bond motifs is 15. The van der Waals surface area contributed by atoms with Crippen LogP contribution in [0.25, 0.3) is 33.3 Å². The van der Waals surface area contributed by atoms with Crippen molar-refractivity contribution in [2.45, 2.75) is 38.5 Å². The van der Waals surface area contributed by atoms with Gasteiger partial charge in [0.05, 0.1) is 45.5 Å². The summed E-state index contributed by atoms with van der Waals surface area (Å²) in [5, 5.41) is 1.98. The molecule has 20 rings (SSSR count). The van der Waals surface area contributed by atoms with Gasteiger partial charge >= 0.3 is 6.71 Å². The van der Waals surface area contributed by atoms with Gasteiger partial charge in [-0.3, -0.25) is 0 Å². The maximum Gasteiger partial charge on any atom is 0.301 e. The summed E-state index contributed by atoms with van der Waals surface area (Å²) >= 11 is 0. The SMILES string of the molecule is CC1(C)c2ccccc2N(c2cc3c4c(c2)N(c2ccccc2)c2ccccc2B4c2cc4c(cc2O3)oc2cc3c(cc24)B2c4oc(-c5ccccc5)cc4N(c4ccccc4)c4cc(N5c6ccccc6C(C)(C)c6ccccc65)cc(c42)O3)c2ccccc21. The Labute approximate surface area is 533 Å². The number of ether oxygens (including phenoxy) is 2. The van der Waals surface area contributed by atoms with Crippen LogP contribution < -0.4 is 62.0 Å². The molecule has 12 aromatic carbocycles. The largest absolute Gasteiger partial charge is 0.468 e. The lowest BCUT2D eigenvalue weighted by Crippen LogP contribution is -2.59. The number of furan rings is 2. The van der Waals surface area contributed by atoms with E-state index >= 15 is 0 Å². The van der Waals surface area contributed by atoms with Gasteiger partial charge in [-0.25, -0.2) is 0 Å². The zero-order chi connectivity index (χ0) is 60.9. The molecular formula is C82H56B2N4O4. The van der Waals surface area contributed by atoms with Crippen LogP contribution >= 0.6 is 0 Å². The number of anilines is 12. The van der Waals surface area contributed by atoms with Gasteiger partial charge in [-0.2, -0.15) is 0 Å². The molecule has 8 nitrogen and oxygen atoms in total. The van der Waals surface area contributed by atoms with Crippen molar-refractivity contribution < 1.29 is 18.3 Å². The molecule has 434 valence electrons. The Morgan fingerprint density at radius 2 is 0.685 bits per heavy atom. The number of hydrogen-bond acceptors (Lipinski definition) is 8. The third-order valence-electron chi connectivity index (χ3n) is 20.7. The lowest BCUT2D eigenvalue weighted by Gasteiger charge is -2.44. The van der Waals surface area contributed by atoms with Gasteiger partial charge < -0.3 is 37.9 Å². The average molecular weight is 1180 g/mol. The molecule has 0 atom stereocenters. The van der Waals surface area contributed by atoms with E-state index in [0.717, 1.165) is 146 Å². The summed E-state index contributed by atoms with van der Waals surface area (Å²) < 4.78 is 29.4. The van der Waals surface area contributed by atoms with Gasteiger partial charge in [0.2, 0.25) is 0 Å². The van der Waals surface area contributed by atoms with Gasteiger partial charge in [-0.05, 0) is 111 Å². The highest BCUT2D eigenvalue weighted by Gasteiger charge is 2.49. The Bertz CT molecular complexity index is 5390. The standard InChI is InChI=1S/C82H56B2N4O4/c1-81(2)56-30-14-19-35-63(56)87(64-36-20-15-31-57(64)81)52-40-68-78-76(42-52)90-74-47-72-54(44-61(74)83(78)60-34-18-23-39-67(60)85(68)50-26-10-6-11-27-50)55-45-62-75(48-73(55)89-72)91-77-43-53(88-65-37-21-16-32-58(65)82(3,4)59-33-17-22-38-66(59)88)41-69-79(77)84(62)80-70(86(69)51-28-12-7-13-29-51)46-71(92-80)49-24-8-5-9-25-49/h5-48H,1-4H3. The van der Waals surface area contributed by atoms with Crippen LogP contribution in [-0.2, 0) is 10.8 Å². The molecule has 0 saturated carbocycles. The van der Waals surface area contributed by atoms with Crippen LogP contribution in [0.3, 0.4) is 0 Å². The van der Waals surface area contributed by atoms with Gasteiger partial charge in [-0.15, -0.1) is 0 Å². The van der Waals surface area contributed by atoms with Crippen molar-refractivity contribution >= 4 is 137 Å². The van der Waals surface area contributed by atoms with Crippen molar-refractivity contribution in [3.8, 4) is 34.3 Å². The van der Waals surface area contributed by atoms with Gasteiger partial charge in [0.1, 0.15) is 39.9 Å². The summed E-state index contributed by atoms with van der Waals surface area (Å²) in [7, 11) is 0. The Balaban J connectivity index is 0.800. The van der Waals surface area contributed by atoms with Crippen LogP contribution in [0.15, 0.2) is 276 Å². The van der Waals surface area contributed by atoms with Crippen molar-refractivity contribution in [1.29, 1.82) is 0 Å². The number of hydrogen-bond donors (Lipinski definition) is 0. The Hall–Kier alpha value is -11.4. The molecule has 92 heavy (non-hydrogen) atoms. The zero-order valence-corrected chi connectivity index (χ0v) is 51.0. The third kappa shape index (κ3) is 7.03. The van der Waals surface area contributed by atoms with Crippen molar-refractivity contribution in [3.05, 3.63) is 289 Å². The van der Waals surface area contributed by atoms with Gasteiger partial charge in [0, 0.05) is 91.4 Å². The molecule has 0 bridgehead atoms. The molecular weight excluding hydrogens is 1130 g/mol. The fourth-order valence-corrected chi connectivity index (χ4v) is 16.5. The van der Waals surface area contributed by atoms with E-state index in [1.54, 1.807) is 0 Å². The summed E-state index contributed by atoms with van der Waals surface area (Å²) in [6, 6.07) is 96.6. The van der Waals surface area contributed by atoms with Crippen LogP contribution in [-0.4, -0.2) is 13.4 Å². The van der Waals surface area contributed by atoms with E-state index in [2.05, 4.69) is 314 Å². The highest BCUT2D eigenvalue weighted by molar-refractivity contribution is 7.00. The molecule has 0 saturated heterocycles. The minimum atomic E-state index is -0.358. The minimum absolute atomic E-state index is 0.179. The van der Waals surface area contributed by atoms with Crippen molar-refractivity contribution in [3.63, 3.8) is 0 Å². The Morgan fingerprint density at radius 3 is 1.17 bits per heavy atom. The minimum Gasteiger partial charge on any atom is -0.468 e. The number of benzene rings is 12. The van der Waals surface area contributed by atoms with E-state index in [9.17, 15) is 0 Å². The summed E-state index contributed by atoms with van der Waals surface area (Å²) in [6.07, 6.45) is 0. The monoisotopic (exact) mass is 1180 g/mol. The van der Waals surface area contributed by atoms with Crippen LogP contribution in [0.1, 0.15) is 49.9 Å². The third-order valence-corrected chi connectivity index (χ3v) is 20.7. The lowest BCUT2D eigenvalue weighted by atomic mass is 9.34. The quantitative estimate of drug-likeness (QED) is 0.158. The normalized spacial score (nSPS) is 15.2. The number of rotatable bonds is 5. The first-order valence-corrected chi connectivity index (χ1v) is 31.9. The summed E-state index contributed by atoms with van der Waals surface area (Å²) in [4.78, 5) is 9.67. The van der Waals surface area contributed by atoms with Gasteiger partial charge in [0.15, 0.2) is 0 Å². The fourth-order valence-electron chi connectivity index (χ4n) is 16.5. The van der Waals surface area contributed by atoms with Crippen LogP contribution in [0.5, 0.6) is 23.0 Å². The van der Waals surface area contributed by atoms with E-state index in [-0.39, 0.29) is 24.3 Å². The molecule has 0 amide bonds. The van der Waals surface area contributed by atoms with E-state index < -0.39 is 0 Å². The Morgan fingerprint density at radius 1 is 0.293 bits per heavy atom. The van der Waals surface area contributed by atoms with Gasteiger partial charge in [0.25, 0.3) is 6.71 Å². The first kappa shape index (κ1) is 51.5. The van der Waals surface area contributed by atoms with E-state index in [4.69, 9.17) is 18.3 Å². The molecule has 6 aliphatic rings. The van der Waals surface area contributed by atoms with Crippen molar-refractivity contribution in [2.24, 2.45) is 0 Å². The lowest BCUT2D eigenvalue weighted by molar-refractivity contribution is 0.486. The van der Waals surface area contributed by atoms with Crippen LogP contribution in [0.4, 0.5) is 68.2 Å². The summed E-state index contributed by atoms with van der Waals surface area (Å²) in [5.74, 6) is 3.83. The first-order valence-electron chi connectivity index (χ1n) is 31.9.